The molecule has 0 heterocycles. The quantitative estimate of drug-likeness (QED) is 0.768. The van der Waals surface area contributed by atoms with E-state index in [1.165, 1.54) is 25.7 Å². The van der Waals surface area contributed by atoms with Gasteiger partial charge in [0.15, 0.2) is 5.78 Å². The van der Waals surface area contributed by atoms with Gasteiger partial charge in [0, 0.05) is 13.5 Å². The lowest BCUT2D eigenvalue weighted by Crippen LogP contribution is -2.44. The maximum atomic E-state index is 12.8. The van der Waals surface area contributed by atoms with Crippen LogP contribution in [0.1, 0.15) is 64.7 Å². The average Bonchev–Trinajstić information content (AvgIpc) is 3.02. The molecule has 2 heteroatoms. The highest BCUT2D eigenvalue weighted by Gasteiger charge is 2.45. The SMILES string of the molecule is COC1(C(=O)CC2CC3CCC2C3)CCC(C)CC1. The lowest BCUT2D eigenvalue weighted by molar-refractivity contribution is -0.147. The van der Waals surface area contributed by atoms with Crippen molar-refractivity contribution >= 4 is 5.78 Å². The Hall–Kier alpha value is -0.370. The van der Waals surface area contributed by atoms with Crippen LogP contribution in [0.2, 0.25) is 0 Å². The van der Waals surface area contributed by atoms with E-state index in [9.17, 15) is 4.79 Å². The molecule has 0 aromatic carbocycles. The second-order valence-electron chi connectivity index (χ2n) is 7.44. The maximum Gasteiger partial charge on any atom is 0.164 e. The van der Waals surface area contributed by atoms with Crippen molar-refractivity contribution in [2.24, 2.45) is 23.7 Å². The van der Waals surface area contributed by atoms with E-state index in [4.69, 9.17) is 4.74 Å². The number of Topliss-reactive ketones (excluding diaryl/α,β-unsaturated/α-hetero) is 1. The Balaban J connectivity index is 1.62. The van der Waals surface area contributed by atoms with E-state index in [1.807, 2.05) is 0 Å². The molecule has 3 fully saturated rings. The van der Waals surface area contributed by atoms with Gasteiger partial charge in [-0.3, -0.25) is 4.79 Å². The monoisotopic (exact) mass is 264 g/mol. The minimum absolute atomic E-state index is 0.416. The topological polar surface area (TPSA) is 26.3 Å². The molecule has 0 radical (unpaired) electrons. The molecular weight excluding hydrogens is 236 g/mol. The van der Waals surface area contributed by atoms with Crippen LogP contribution in [0.4, 0.5) is 0 Å². The van der Waals surface area contributed by atoms with E-state index in [0.29, 0.717) is 11.7 Å². The number of ether oxygens (including phenoxy) is 1. The lowest BCUT2D eigenvalue weighted by Gasteiger charge is -2.38. The molecule has 3 aliphatic rings. The van der Waals surface area contributed by atoms with Crippen molar-refractivity contribution in [1.82, 2.24) is 0 Å². The van der Waals surface area contributed by atoms with Crippen LogP contribution < -0.4 is 0 Å². The van der Waals surface area contributed by atoms with Crippen LogP contribution in [0, 0.1) is 23.7 Å². The molecule has 108 valence electrons. The molecule has 0 saturated heterocycles. The predicted octanol–water partition coefficient (Wildman–Crippen LogP) is 3.98. The number of methoxy groups -OCH3 is 1. The van der Waals surface area contributed by atoms with Crippen LogP contribution in [0.5, 0.6) is 0 Å². The Morgan fingerprint density at radius 3 is 2.42 bits per heavy atom. The summed E-state index contributed by atoms with van der Waals surface area (Å²) in [5.74, 6) is 3.65. The van der Waals surface area contributed by atoms with Crippen LogP contribution in [0.3, 0.4) is 0 Å². The Kier molecular flexibility index (Phi) is 3.72. The lowest BCUT2D eigenvalue weighted by atomic mass is 9.73. The average molecular weight is 264 g/mol. The highest BCUT2D eigenvalue weighted by atomic mass is 16.5. The molecule has 3 saturated carbocycles. The predicted molar refractivity (Wildman–Crippen MR) is 75.9 cm³/mol. The van der Waals surface area contributed by atoms with Gasteiger partial charge < -0.3 is 4.74 Å². The minimum Gasteiger partial charge on any atom is -0.370 e. The number of carbonyl (C=O) groups is 1. The zero-order valence-electron chi connectivity index (χ0n) is 12.5. The van der Waals surface area contributed by atoms with Gasteiger partial charge in [0.1, 0.15) is 5.60 Å². The number of rotatable bonds is 4. The molecule has 0 aliphatic heterocycles. The van der Waals surface area contributed by atoms with Crippen LogP contribution in [-0.2, 0) is 9.53 Å². The van der Waals surface area contributed by atoms with Gasteiger partial charge in [-0.25, -0.2) is 0 Å². The summed E-state index contributed by atoms with van der Waals surface area (Å²) in [5, 5.41) is 0. The molecule has 0 spiro atoms. The molecule has 0 N–H and O–H groups in total. The number of fused-ring (bicyclic) bond motifs is 2. The van der Waals surface area contributed by atoms with Crippen molar-refractivity contribution in [3.8, 4) is 0 Å². The summed E-state index contributed by atoms with van der Waals surface area (Å²) < 4.78 is 5.73. The summed E-state index contributed by atoms with van der Waals surface area (Å²) >= 11 is 0. The Morgan fingerprint density at radius 2 is 1.89 bits per heavy atom. The van der Waals surface area contributed by atoms with Crippen LogP contribution >= 0.6 is 0 Å². The molecule has 0 amide bonds. The Morgan fingerprint density at radius 1 is 1.16 bits per heavy atom. The number of ketones is 1. The second kappa shape index (κ2) is 5.20. The Bertz CT molecular complexity index is 341. The van der Waals surface area contributed by atoms with Crippen LogP contribution in [0.25, 0.3) is 0 Å². The van der Waals surface area contributed by atoms with Crippen molar-refractivity contribution in [3.05, 3.63) is 0 Å². The molecule has 3 unspecified atom stereocenters. The molecule has 0 aromatic rings. The normalized spacial score (nSPS) is 45.6. The molecule has 0 aromatic heterocycles. The zero-order chi connectivity index (χ0) is 13.5. The van der Waals surface area contributed by atoms with Crippen molar-refractivity contribution in [2.75, 3.05) is 7.11 Å². The maximum absolute atomic E-state index is 12.8. The standard InChI is InChI=1S/C17H28O2/c1-12-5-7-17(19-2,8-6-12)16(18)11-15-10-13-3-4-14(15)9-13/h12-15H,3-11H2,1-2H3. The van der Waals surface area contributed by atoms with Gasteiger partial charge in [-0.05, 0) is 68.6 Å². The van der Waals surface area contributed by atoms with Gasteiger partial charge in [-0.2, -0.15) is 0 Å². The van der Waals surface area contributed by atoms with E-state index in [0.717, 1.165) is 49.9 Å². The van der Waals surface area contributed by atoms with Gasteiger partial charge in [0.05, 0.1) is 0 Å². The largest absolute Gasteiger partial charge is 0.370 e. The Labute approximate surface area is 117 Å². The van der Waals surface area contributed by atoms with Crippen molar-refractivity contribution in [3.63, 3.8) is 0 Å². The molecule has 2 nitrogen and oxygen atoms in total. The van der Waals surface area contributed by atoms with Crippen LogP contribution in [0.15, 0.2) is 0 Å². The number of hydrogen-bond acceptors (Lipinski definition) is 2. The van der Waals surface area contributed by atoms with E-state index in [-0.39, 0.29) is 0 Å². The summed E-state index contributed by atoms with van der Waals surface area (Å²) in [6.45, 7) is 2.29. The summed E-state index contributed by atoms with van der Waals surface area (Å²) in [4.78, 5) is 12.8. The van der Waals surface area contributed by atoms with Gasteiger partial charge >= 0.3 is 0 Å². The highest BCUT2D eigenvalue weighted by Crippen LogP contribution is 2.50. The highest BCUT2D eigenvalue weighted by molar-refractivity contribution is 5.87. The fourth-order valence-electron chi connectivity index (χ4n) is 4.88. The summed E-state index contributed by atoms with van der Waals surface area (Å²) in [5.41, 5.74) is -0.422. The third-order valence-electron chi connectivity index (χ3n) is 6.31. The zero-order valence-corrected chi connectivity index (χ0v) is 12.5. The van der Waals surface area contributed by atoms with Gasteiger partial charge in [-0.15, -0.1) is 0 Å². The van der Waals surface area contributed by atoms with Crippen molar-refractivity contribution < 1.29 is 9.53 Å². The number of hydrogen-bond donors (Lipinski definition) is 0. The third-order valence-corrected chi connectivity index (χ3v) is 6.31. The summed E-state index contributed by atoms with van der Waals surface area (Å²) in [6.07, 6.45) is 10.5. The fraction of sp³-hybridized carbons (Fsp3) is 0.941. The van der Waals surface area contributed by atoms with E-state index in [2.05, 4.69) is 6.92 Å². The first-order valence-corrected chi connectivity index (χ1v) is 8.21. The first kappa shape index (κ1) is 13.6. The van der Waals surface area contributed by atoms with Gasteiger partial charge in [0.25, 0.3) is 0 Å². The summed E-state index contributed by atoms with van der Waals surface area (Å²) in [6, 6.07) is 0. The van der Waals surface area contributed by atoms with E-state index < -0.39 is 5.60 Å². The molecule has 2 bridgehead atoms. The van der Waals surface area contributed by atoms with E-state index in [1.54, 1.807) is 7.11 Å². The van der Waals surface area contributed by atoms with Gasteiger partial charge in [0.2, 0.25) is 0 Å². The van der Waals surface area contributed by atoms with Crippen molar-refractivity contribution in [2.45, 2.75) is 70.3 Å². The first-order chi connectivity index (χ1) is 9.13. The van der Waals surface area contributed by atoms with Gasteiger partial charge in [-0.1, -0.05) is 13.3 Å². The minimum atomic E-state index is -0.422. The van der Waals surface area contributed by atoms with Crippen molar-refractivity contribution in [1.29, 1.82) is 0 Å². The van der Waals surface area contributed by atoms with E-state index >= 15 is 0 Å². The second-order valence-corrected chi connectivity index (χ2v) is 7.44. The van der Waals surface area contributed by atoms with Crippen LogP contribution in [-0.4, -0.2) is 18.5 Å². The molecule has 19 heavy (non-hydrogen) atoms. The third kappa shape index (κ3) is 2.49. The smallest absolute Gasteiger partial charge is 0.164 e. The number of carbonyl (C=O) groups excluding carboxylic acids is 1. The molecule has 3 rings (SSSR count). The molecular formula is C17H28O2. The molecule has 3 aliphatic carbocycles. The molecule has 3 atom stereocenters. The fourth-order valence-corrected chi connectivity index (χ4v) is 4.88. The first-order valence-electron chi connectivity index (χ1n) is 8.21. The summed E-state index contributed by atoms with van der Waals surface area (Å²) in [7, 11) is 1.74.